The molecule has 0 bridgehead atoms. The van der Waals surface area contributed by atoms with Crippen LogP contribution in [0.5, 0.6) is 0 Å². The molecule has 7 nitrogen and oxygen atoms in total. The number of carboxylic acids is 1. The first-order chi connectivity index (χ1) is 9.44. The van der Waals surface area contributed by atoms with E-state index < -0.39 is 52.5 Å². The number of sulfone groups is 2. The summed E-state index contributed by atoms with van der Waals surface area (Å²) >= 11 is 4.56. The number of nitriles is 1. The second-order valence-corrected chi connectivity index (χ2v) is 10.2. The predicted molar refractivity (Wildman–Crippen MR) is 81.1 cm³/mol. The maximum Gasteiger partial charge on any atom is 0.303 e. The first kappa shape index (κ1) is 19.9. The molecule has 21 heavy (non-hydrogen) atoms. The Bertz CT molecular complexity index is 659. The quantitative estimate of drug-likeness (QED) is 0.671. The lowest BCUT2D eigenvalue weighted by molar-refractivity contribution is -0.137. The van der Waals surface area contributed by atoms with Gasteiger partial charge in [0.2, 0.25) is 13.4 Å². The van der Waals surface area contributed by atoms with E-state index in [1.807, 2.05) is 0 Å². The van der Waals surface area contributed by atoms with E-state index in [9.17, 15) is 21.6 Å². The molecule has 0 aliphatic rings. The molecule has 0 aromatic rings. The van der Waals surface area contributed by atoms with Crippen LogP contribution in [0.15, 0.2) is 0 Å². The number of unbranched alkanes of at least 4 members (excludes halogenated alkanes) is 1. The molecule has 0 rings (SSSR count). The van der Waals surface area contributed by atoms with Gasteiger partial charge in [-0.1, -0.05) is 25.6 Å². The Hall–Kier alpha value is -1.05. The van der Waals surface area contributed by atoms with Crippen LogP contribution >= 0.6 is 12.2 Å². The molecule has 0 radical (unpaired) electrons. The molecule has 0 aromatic heterocycles. The van der Waals surface area contributed by atoms with Crippen molar-refractivity contribution in [1.82, 2.24) is 0 Å². The third-order valence-electron chi connectivity index (χ3n) is 2.89. The van der Waals surface area contributed by atoms with E-state index in [1.54, 1.807) is 6.92 Å². The highest BCUT2D eigenvalue weighted by molar-refractivity contribution is 8.41. The normalized spacial score (nSPS) is 14.9. The fourth-order valence-electron chi connectivity index (χ4n) is 1.36. The van der Waals surface area contributed by atoms with Crippen molar-refractivity contribution in [3.8, 4) is 6.07 Å². The zero-order valence-corrected chi connectivity index (χ0v) is 14.1. The highest BCUT2D eigenvalue weighted by atomic mass is 32.3. The van der Waals surface area contributed by atoms with Gasteiger partial charge in [0, 0.05) is 6.42 Å². The van der Waals surface area contributed by atoms with Crippen molar-refractivity contribution in [2.24, 2.45) is 0 Å². The molecule has 0 fully saturated rings. The van der Waals surface area contributed by atoms with Gasteiger partial charge in [-0.15, -0.1) is 0 Å². The lowest BCUT2D eigenvalue weighted by atomic mass is 10.1. The number of hydrogen-bond acceptors (Lipinski definition) is 7. The van der Waals surface area contributed by atoms with Crippen LogP contribution in [0.25, 0.3) is 0 Å². The van der Waals surface area contributed by atoms with Crippen LogP contribution in [0, 0.1) is 11.3 Å². The van der Waals surface area contributed by atoms with Gasteiger partial charge >= 0.3 is 5.97 Å². The fourth-order valence-corrected chi connectivity index (χ4v) is 6.00. The van der Waals surface area contributed by atoms with Crippen molar-refractivity contribution in [2.75, 3.05) is 5.75 Å². The highest BCUT2D eigenvalue weighted by Gasteiger charge is 2.46. The molecule has 1 atom stereocenters. The summed E-state index contributed by atoms with van der Waals surface area (Å²) in [5.74, 6) is -1.70. The number of carboxylic acid groups (broad SMARTS) is 1. The van der Waals surface area contributed by atoms with Gasteiger partial charge in [0.15, 0.2) is 14.6 Å². The molecule has 0 aliphatic carbocycles. The van der Waals surface area contributed by atoms with E-state index >= 15 is 0 Å². The van der Waals surface area contributed by atoms with E-state index in [-0.39, 0.29) is 6.42 Å². The predicted octanol–water partition coefficient (Wildman–Crippen LogP) is 1.05. The summed E-state index contributed by atoms with van der Waals surface area (Å²) in [6, 6.07) is 1.48. The van der Waals surface area contributed by atoms with Gasteiger partial charge in [-0.05, 0) is 19.8 Å². The van der Waals surface area contributed by atoms with E-state index in [2.05, 4.69) is 12.2 Å². The number of hydrogen-bond donors (Lipinski definition) is 1. The first-order valence-electron chi connectivity index (χ1n) is 6.09. The molecular weight excluding hydrogens is 338 g/mol. The minimum absolute atomic E-state index is 0.246. The molecule has 1 N–H and O–H groups in total. The molecule has 0 heterocycles. The second kappa shape index (κ2) is 7.29. The maximum atomic E-state index is 12.3. The third-order valence-corrected chi connectivity index (χ3v) is 8.98. The number of thiocarbonyl (C=S) groups is 1. The van der Waals surface area contributed by atoms with Crippen molar-refractivity contribution in [3.05, 3.63) is 0 Å². The Kier molecular flexibility index (Phi) is 6.92. The van der Waals surface area contributed by atoms with Crippen molar-refractivity contribution in [3.63, 3.8) is 0 Å². The van der Waals surface area contributed by atoms with E-state index in [4.69, 9.17) is 10.4 Å². The van der Waals surface area contributed by atoms with Crippen molar-refractivity contribution >= 4 is 41.4 Å². The second-order valence-electron chi connectivity index (χ2n) is 4.66. The molecule has 0 spiro atoms. The average molecular weight is 355 g/mol. The van der Waals surface area contributed by atoms with E-state index in [0.717, 1.165) is 6.92 Å². The summed E-state index contributed by atoms with van der Waals surface area (Å²) in [6.45, 7) is 2.71. The summed E-state index contributed by atoms with van der Waals surface area (Å²) in [4.78, 5) is 10.5. The Labute approximate surface area is 129 Å². The van der Waals surface area contributed by atoms with E-state index in [0.29, 0.717) is 6.42 Å². The van der Waals surface area contributed by atoms with Crippen LogP contribution in [0.4, 0.5) is 0 Å². The Morgan fingerprint density at radius 3 is 2.24 bits per heavy atom. The minimum atomic E-state index is -4.62. The maximum absolute atomic E-state index is 12.3. The highest BCUT2D eigenvalue weighted by Crippen LogP contribution is 2.27. The Morgan fingerprint density at radius 1 is 1.33 bits per heavy atom. The largest absolute Gasteiger partial charge is 0.481 e. The molecular formula is C11H17NO6S3. The lowest BCUT2D eigenvalue weighted by Crippen LogP contribution is -2.41. The molecule has 10 heteroatoms. The number of aliphatic carboxylic acids is 1. The summed E-state index contributed by atoms with van der Waals surface area (Å²) in [5, 5.41) is 17.6. The molecule has 0 aliphatic heterocycles. The number of carbonyl (C=O) groups is 1. The van der Waals surface area contributed by atoms with Crippen molar-refractivity contribution in [1.29, 1.82) is 5.26 Å². The van der Waals surface area contributed by atoms with Crippen LogP contribution in [0.1, 0.15) is 39.5 Å². The Morgan fingerprint density at radius 2 is 1.86 bits per heavy atom. The standard InChI is InChI=1S/C11H17NO6S3/c1-3-4-7-20(15,16)10(19)21(17,18)11(2,8-12)6-5-9(13)14/h3-7H2,1-2H3,(H,13,14). The summed E-state index contributed by atoms with van der Waals surface area (Å²) in [5.41, 5.74) is 0. The smallest absolute Gasteiger partial charge is 0.303 e. The van der Waals surface area contributed by atoms with Crippen molar-refractivity contribution < 1.29 is 26.7 Å². The topological polar surface area (TPSA) is 129 Å². The summed E-state index contributed by atoms with van der Waals surface area (Å²) in [7, 11) is -8.78. The number of nitrogens with zero attached hydrogens (tertiary/aromatic N) is 1. The SMILES string of the molecule is CCCCS(=O)(=O)C(=S)S(=O)(=O)C(C)(C#N)CCC(=O)O. The fraction of sp³-hybridized carbons (Fsp3) is 0.727. The number of rotatable bonds is 7. The van der Waals surface area contributed by atoms with Gasteiger partial charge in [-0.3, -0.25) is 4.79 Å². The summed E-state index contributed by atoms with van der Waals surface area (Å²) in [6.07, 6.45) is -0.335. The molecule has 120 valence electrons. The molecule has 0 saturated heterocycles. The van der Waals surface area contributed by atoms with Gasteiger partial charge in [0.1, 0.15) is 0 Å². The van der Waals surface area contributed by atoms with Crippen LogP contribution in [0.3, 0.4) is 0 Å². The van der Waals surface area contributed by atoms with Crippen molar-refractivity contribution in [2.45, 2.75) is 44.3 Å². The van der Waals surface area contributed by atoms with Crippen LogP contribution in [0.2, 0.25) is 0 Å². The van der Waals surface area contributed by atoms with Gasteiger partial charge in [0.05, 0.1) is 11.8 Å². The average Bonchev–Trinajstić information content (AvgIpc) is 2.41. The minimum Gasteiger partial charge on any atom is -0.481 e. The molecule has 0 amide bonds. The summed E-state index contributed by atoms with van der Waals surface area (Å²) < 4.78 is 45.0. The van der Waals surface area contributed by atoms with E-state index in [1.165, 1.54) is 6.07 Å². The third kappa shape index (κ3) is 4.72. The van der Waals surface area contributed by atoms with Crippen LogP contribution < -0.4 is 0 Å². The lowest BCUT2D eigenvalue weighted by Gasteiger charge is -2.21. The molecule has 0 saturated carbocycles. The zero-order valence-electron chi connectivity index (χ0n) is 11.7. The monoisotopic (exact) mass is 355 g/mol. The van der Waals surface area contributed by atoms with Gasteiger partial charge < -0.3 is 5.11 Å². The Balaban J connectivity index is 5.59. The molecule has 1 unspecified atom stereocenters. The first-order valence-corrected chi connectivity index (χ1v) is 9.63. The van der Waals surface area contributed by atoms with Gasteiger partial charge in [-0.25, -0.2) is 16.8 Å². The van der Waals surface area contributed by atoms with Crippen LogP contribution in [-0.4, -0.2) is 41.9 Å². The molecule has 0 aromatic carbocycles. The van der Waals surface area contributed by atoms with Gasteiger partial charge in [-0.2, -0.15) is 5.26 Å². The van der Waals surface area contributed by atoms with Crippen LogP contribution in [-0.2, 0) is 24.5 Å². The van der Waals surface area contributed by atoms with Gasteiger partial charge in [0.25, 0.3) is 0 Å². The zero-order chi connectivity index (χ0) is 16.9.